The molecule has 0 N–H and O–H groups in total. The van der Waals surface area contributed by atoms with Gasteiger partial charge in [-0.3, -0.25) is 4.57 Å². The quantitative estimate of drug-likeness (QED) is 0.189. The molecule has 0 radical (unpaired) electrons. The SMILES string of the molecule is CC1=C(C)N(c2c(C)c(C)c(C)c(C)c2C)CN1c1cccc(Oc2ccc3c4ccccc4n(-c4cc(C(C)(C)C)ccn4)c3c2)c1. The van der Waals surface area contributed by atoms with Gasteiger partial charge in [-0.25, -0.2) is 4.98 Å². The van der Waals surface area contributed by atoms with Crippen LogP contribution in [0.2, 0.25) is 0 Å². The molecular weight excluding hydrogens is 589 g/mol. The third-order valence-corrected chi connectivity index (χ3v) is 10.7. The molecule has 5 nitrogen and oxygen atoms in total. The Balaban J connectivity index is 1.24. The fourth-order valence-electron chi connectivity index (χ4n) is 7.26. The zero-order chi connectivity index (χ0) is 34.1. The number of hydrogen-bond acceptors (Lipinski definition) is 4. The van der Waals surface area contributed by atoms with E-state index in [1.807, 2.05) is 12.3 Å². The van der Waals surface area contributed by atoms with Crippen molar-refractivity contribution in [2.75, 3.05) is 16.5 Å². The smallest absolute Gasteiger partial charge is 0.137 e. The van der Waals surface area contributed by atoms with Crippen LogP contribution in [0.1, 0.15) is 68.0 Å². The molecule has 48 heavy (non-hydrogen) atoms. The molecule has 0 spiro atoms. The van der Waals surface area contributed by atoms with Crippen LogP contribution in [-0.2, 0) is 5.41 Å². The first-order valence-corrected chi connectivity index (χ1v) is 16.9. The van der Waals surface area contributed by atoms with Gasteiger partial charge in [0.15, 0.2) is 0 Å². The number of hydrogen-bond donors (Lipinski definition) is 0. The fraction of sp³-hybridized carbons (Fsp3) is 0.279. The molecular formula is C43H46N4O. The summed E-state index contributed by atoms with van der Waals surface area (Å²) in [6.07, 6.45) is 1.92. The molecule has 0 unspecified atom stereocenters. The number of fused-ring (bicyclic) bond motifs is 3. The standard InChI is InChI=1S/C43H46N4O/c1-26-27(2)29(4)42(30(5)28(26)3)46-25-45(31(6)32(46)7)34-14-13-15-35(23-34)48-36-18-19-38-37-16-11-12-17-39(37)47(40(38)24-36)41-22-33(20-21-44-41)43(8,9)10/h11-24H,25H2,1-10H3. The molecule has 3 heterocycles. The van der Waals surface area contributed by atoms with Crippen LogP contribution in [0.3, 0.4) is 0 Å². The van der Waals surface area contributed by atoms with Crippen molar-refractivity contribution < 1.29 is 4.74 Å². The molecule has 0 bridgehead atoms. The minimum Gasteiger partial charge on any atom is -0.457 e. The van der Waals surface area contributed by atoms with Crippen LogP contribution in [-0.4, -0.2) is 16.2 Å². The van der Waals surface area contributed by atoms with E-state index in [0.29, 0.717) is 0 Å². The molecule has 0 atom stereocenters. The van der Waals surface area contributed by atoms with E-state index in [1.54, 1.807) is 0 Å². The van der Waals surface area contributed by atoms with Crippen molar-refractivity contribution >= 4 is 33.2 Å². The van der Waals surface area contributed by atoms with Gasteiger partial charge in [-0.15, -0.1) is 0 Å². The first kappa shape index (κ1) is 31.6. The maximum atomic E-state index is 6.62. The third-order valence-electron chi connectivity index (χ3n) is 10.7. The van der Waals surface area contributed by atoms with Crippen molar-refractivity contribution in [3.05, 3.63) is 130 Å². The Labute approximate surface area is 285 Å². The van der Waals surface area contributed by atoms with E-state index in [-0.39, 0.29) is 5.41 Å². The largest absolute Gasteiger partial charge is 0.457 e. The Morgan fingerprint density at radius 1 is 0.604 bits per heavy atom. The fourth-order valence-corrected chi connectivity index (χ4v) is 7.26. The van der Waals surface area contributed by atoms with E-state index < -0.39 is 0 Å². The van der Waals surface area contributed by atoms with Crippen molar-refractivity contribution in [1.29, 1.82) is 0 Å². The van der Waals surface area contributed by atoms with E-state index >= 15 is 0 Å². The maximum Gasteiger partial charge on any atom is 0.137 e. The van der Waals surface area contributed by atoms with Crippen LogP contribution in [0.5, 0.6) is 11.5 Å². The molecule has 6 aromatic rings. The van der Waals surface area contributed by atoms with Gasteiger partial charge in [-0.1, -0.05) is 45.0 Å². The van der Waals surface area contributed by atoms with Gasteiger partial charge in [0.1, 0.15) is 17.3 Å². The lowest BCUT2D eigenvalue weighted by molar-refractivity contribution is 0.483. The molecule has 0 aliphatic carbocycles. The Hall–Kier alpha value is -5.03. The summed E-state index contributed by atoms with van der Waals surface area (Å²) in [5.41, 5.74) is 15.3. The van der Waals surface area contributed by atoms with Crippen LogP contribution in [0.15, 0.2) is 96.5 Å². The monoisotopic (exact) mass is 634 g/mol. The molecule has 2 aromatic heterocycles. The highest BCUT2D eigenvalue weighted by Gasteiger charge is 2.29. The number of anilines is 2. The Kier molecular flexibility index (Phi) is 7.62. The number of pyridine rings is 1. The lowest BCUT2D eigenvalue weighted by Crippen LogP contribution is -2.28. The first-order chi connectivity index (χ1) is 22.8. The van der Waals surface area contributed by atoms with Gasteiger partial charge in [0, 0.05) is 51.9 Å². The number of nitrogens with zero attached hydrogens (tertiary/aromatic N) is 4. The zero-order valence-electron chi connectivity index (χ0n) is 30.0. The second-order valence-corrected chi connectivity index (χ2v) is 14.4. The Morgan fingerprint density at radius 2 is 1.25 bits per heavy atom. The molecule has 0 amide bonds. The first-order valence-electron chi connectivity index (χ1n) is 16.9. The van der Waals surface area contributed by atoms with E-state index in [2.05, 4.69) is 156 Å². The van der Waals surface area contributed by atoms with E-state index in [9.17, 15) is 0 Å². The lowest BCUT2D eigenvalue weighted by Gasteiger charge is -2.29. The van der Waals surface area contributed by atoms with Gasteiger partial charge < -0.3 is 14.5 Å². The number of para-hydroxylation sites is 1. The summed E-state index contributed by atoms with van der Waals surface area (Å²) in [5.74, 6) is 2.51. The van der Waals surface area contributed by atoms with Crippen molar-refractivity contribution in [2.45, 2.75) is 74.7 Å². The summed E-state index contributed by atoms with van der Waals surface area (Å²) >= 11 is 0. The highest BCUT2D eigenvalue weighted by Crippen LogP contribution is 2.41. The van der Waals surface area contributed by atoms with Crippen molar-refractivity contribution in [1.82, 2.24) is 9.55 Å². The third kappa shape index (κ3) is 5.13. The van der Waals surface area contributed by atoms with Crippen LogP contribution in [0, 0.1) is 34.6 Å². The summed E-state index contributed by atoms with van der Waals surface area (Å²) in [5, 5.41) is 2.37. The van der Waals surface area contributed by atoms with Crippen LogP contribution in [0.25, 0.3) is 27.6 Å². The number of rotatable bonds is 5. The Morgan fingerprint density at radius 3 is 1.98 bits per heavy atom. The molecule has 5 heteroatoms. The second kappa shape index (κ2) is 11.6. The summed E-state index contributed by atoms with van der Waals surface area (Å²) in [6.45, 7) is 23.2. The van der Waals surface area contributed by atoms with Gasteiger partial charge in [-0.05, 0) is 130 Å². The normalized spacial score (nSPS) is 13.8. The minimum atomic E-state index is 0.0177. The molecule has 7 rings (SSSR count). The van der Waals surface area contributed by atoms with Gasteiger partial charge in [0.2, 0.25) is 0 Å². The van der Waals surface area contributed by atoms with Crippen LogP contribution < -0.4 is 14.5 Å². The van der Waals surface area contributed by atoms with E-state index in [0.717, 1.165) is 40.7 Å². The number of allylic oxidation sites excluding steroid dienone is 2. The average molecular weight is 635 g/mol. The molecule has 1 aliphatic heterocycles. The predicted molar refractivity (Wildman–Crippen MR) is 202 cm³/mol. The van der Waals surface area contributed by atoms with E-state index in [1.165, 1.54) is 61.2 Å². The summed E-state index contributed by atoms with van der Waals surface area (Å²) in [4.78, 5) is 9.70. The van der Waals surface area contributed by atoms with E-state index in [4.69, 9.17) is 9.72 Å². The summed E-state index contributed by atoms with van der Waals surface area (Å²) in [6, 6.07) is 27.7. The average Bonchev–Trinajstić information content (AvgIpc) is 3.56. The molecule has 244 valence electrons. The predicted octanol–water partition coefficient (Wildman–Crippen LogP) is 11.3. The van der Waals surface area contributed by atoms with Crippen LogP contribution >= 0.6 is 0 Å². The minimum absolute atomic E-state index is 0.0177. The zero-order valence-corrected chi connectivity index (χ0v) is 30.0. The molecule has 0 fully saturated rings. The summed E-state index contributed by atoms with van der Waals surface area (Å²) in [7, 11) is 0. The highest BCUT2D eigenvalue weighted by atomic mass is 16.5. The number of benzene rings is 4. The van der Waals surface area contributed by atoms with Gasteiger partial charge in [0.05, 0.1) is 17.7 Å². The van der Waals surface area contributed by atoms with Gasteiger partial charge in [-0.2, -0.15) is 0 Å². The van der Waals surface area contributed by atoms with Crippen molar-refractivity contribution in [3.63, 3.8) is 0 Å². The molecule has 0 saturated carbocycles. The number of aromatic nitrogens is 2. The highest BCUT2D eigenvalue weighted by molar-refractivity contribution is 6.09. The maximum absolute atomic E-state index is 6.62. The van der Waals surface area contributed by atoms with Crippen molar-refractivity contribution in [3.8, 4) is 17.3 Å². The molecule has 0 saturated heterocycles. The second-order valence-electron chi connectivity index (χ2n) is 14.4. The van der Waals surface area contributed by atoms with Crippen LogP contribution in [0.4, 0.5) is 11.4 Å². The molecule has 4 aromatic carbocycles. The Bertz CT molecular complexity index is 2240. The number of ether oxygens (including phenoxy) is 1. The van der Waals surface area contributed by atoms with Crippen molar-refractivity contribution in [2.24, 2.45) is 0 Å². The lowest BCUT2D eigenvalue weighted by atomic mass is 9.88. The van der Waals surface area contributed by atoms with Gasteiger partial charge >= 0.3 is 0 Å². The molecule has 1 aliphatic rings. The topological polar surface area (TPSA) is 33.5 Å². The summed E-state index contributed by atoms with van der Waals surface area (Å²) < 4.78 is 8.88. The van der Waals surface area contributed by atoms with Gasteiger partial charge in [0.25, 0.3) is 0 Å².